The highest BCUT2D eigenvalue weighted by Gasteiger charge is 2.28. The topological polar surface area (TPSA) is 77.7 Å². The summed E-state index contributed by atoms with van der Waals surface area (Å²) in [4.78, 5) is 18.8. The number of hydrogen-bond donors (Lipinski definition) is 0. The molecule has 3 heterocycles. The average molecular weight is 371 g/mol. The summed E-state index contributed by atoms with van der Waals surface area (Å²) >= 11 is 0. The molecule has 1 unspecified atom stereocenters. The minimum Gasteiger partial charge on any atom is -0.484 e. The van der Waals surface area contributed by atoms with Crippen LogP contribution in [0.15, 0.2) is 34.9 Å². The molecule has 2 aliphatic rings. The molecule has 0 bridgehead atoms. The second kappa shape index (κ2) is 8.52. The number of hydrogen-bond acceptors (Lipinski definition) is 6. The first-order valence-corrected chi connectivity index (χ1v) is 9.64. The number of para-hydroxylation sites is 1. The van der Waals surface area contributed by atoms with Crippen LogP contribution in [0.5, 0.6) is 5.75 Å². The number of carbonyl (C=O) groups excluding carboxylic acids is 1. The number of carbonyl (C=O) groups is 1. The Kier molecular flexibility index (Phi) is 5.67. The van der Waals surface area contributed by atoms with Crippen molar-refractivity contribution in [3.05, 3.63) is 42.0 Å². The standard InChI is InChI=1S/C20H25N3O4/c24-19(14-26-17-4-2-1-3-5-17)23-9-6-15(13-23)12-18-21-20(27-22-18)16-7-10-25-11-8-16/h1-5,15-16H,6-14H2. The van der Waals surface area contributed by atoms with Crippen molar-refractivity contribution in [1.82, 2.24) is 15.0 Å². The van der Waals surface area contributed by atoms with Crippen molar-refractivity contribution in [2.45, 2.75) is 31.6 Å². The molecule has 1 atom stereocenters. The van der Waals surface area contributed by atoms with Crippen molar-refractivity contribution < 1.29 is 18.8 Å². The minimum atomic E-state index is 0.0253. The monoisotopic (exact) mass is 371 g/mol. The van der Waals surface area contributed by atoms with E-state index in [1.807, 2.05) is 35.2 Å². The lowest BCUT2D eigenvalue weighted by atomic mass is 10.0. The highest BCUT2D eigenvalue weighted by molar-refractivity contribution is 5.78. The maximum absolute atomic E-state index is 12.4. The van der Waals surface area contributed by atoms with Gasteiger partial charge in [-0.05, 0) is 37.3 Å². The summed E-state index contributed by atoms with van der Waals surface area (Å²) in [6.45, 7) is 3.07. The van der Waals surface area contributed by atoms with Crippen molar-refractivity contribution >= 4 is 5.91 Å². The van der Waals surface area contributed by atoms with Crippen LogP contribution in [0.4, 0.5) is 0 Å². The number of benzene rings is 1. The summed E-state index contributed by atoms with van der Waals surface area (Å²) in [5, 5.41) is 4.15. The van der Waals surface area contributed by atoms with E-state index in [9.17, 15) is 4.79 Å². The van der Waals surface area contributed by atoms with Gasteiger partial charge in [-0.2, -0.15) is 4.98 Å². The lowest BCUT2D eigenvalue weighted by Gasteiger charge is -2.18. The van der Waals surface area contributed by atoms with Crippen LogP contribution in [0, 0.1) is 5.92 Å². The van der Waals surface area contributed by atoms with Gasteiger partial charge in [0.15, 0.2) is 12.4 Å². The van der Waals surface area contributed by atoms with Crippen molar-refractivity contribution in [2.24, 2.45) is 5.92 Å². The number of rotatable bonds is 6. The van der Waals surface area contributed by atoms with Crippen molar-refractivity contribution in [1.29, 1.82) is 0 Å². The molecule has 4 rings (SSSR count). The molecule has 7 nitrogen and oxygen atoms in total. The van der Waals surface area contributed by atoms with Crippen molar-refractivity contribution in [2.75, 3.05) is 32.9 Å². The molecule has 0 spiro atoms. The van der Waals surface area contributed by atoms with Gasteiger partial charge in [0.25, 0.3) is 5.91 Å². The highest BCUT2D eigenvalue weighted by atomic mass is 16.5. The van der Waals surface area contributed by atoms with Crippen LogP contribution in [0.25, 0.3) is 0 Å². The lowest BCUT2D eigenvalue weighted by Crippen LogP contribution is -2.33. The minimum absolute atomic E-state index is 0.0253. The third-order valence-electron chi connectivity index (χ3n) is 5.27. The van der Waals surface area contributed by atoms with Crippen LogP contribution in [0.3, 0.4) is 0 Å². The molecule has 27 heavy (non-hydrogen) atoms. The number of likely N-dealkylation sites (tertiary alicyclic amines) is 1. The average Bonchev–Trinajstić information content (AvgIpc) is 3.38. The van der Waals surface area contributed by atoms with Crippen LogP contribution in [-0.4, -0.2) is 53.9 Å². The Bertz CT molecular complexity index is 743. The number of nitrogens with zero attached hydrogens (tertiary/aromatic N) is 3. The summed E-state index contributed by atoms with van der Waals surface area (Å²) < 4.78 is 16.4. The Morgan fingerprint density at radius 2 is 2.00 bits per heavy atom. The number of ether oxygens (including phenoxy) is 2. The zero-order valence-electron chi connectivity index (χ0n) is 15.4. The Labute approximate surface area is 158 Å². The van der Waals surface area contributed by atoms with Gasteiger partial charge in [0.05, 0.1) is 0 Å². The summed E-state index contributed by atoms with van der Waals surface area (Å²) in [5.41, 5.74) is 0. The van der Waals surface area contributed by atoms with Gasteiger partial charge < -0.3 is 18.9 Å². The molecule has 0 N–H and O–H groups in total. The van der Waals surface area contributed by atoms with E-state index in [1.165, 1.54) is 0 Å². The third kappa shape index (κ3) is 4.66. The van der Waals surface area contributed by atoms with Gasteiger partial charge in [-0.3, -0.25) is 4.79 Å². The predicted molar refractivity (Wildman–Crippen MR) is 97.4 cm³/mol. The number of aromatic nitrogens is 2. The van der Waals surface area contributed by atoms with Crippen LogP contribution in [-0.2, 0) is 16.0 Å². The zero-order valence-corrected chi connectivity index (χ0v) is 15.4. The van der Waals surface area contributed by atoms with Crippen molar-refractivity contribution in [3.8, 4) is 5.75 Å². The normalized spacial score (nSPS) is 20.7. The summed E-state index contributed by atoms with van der Waals surface area (Å²) in [6, 6.07) is 9.42. The molecule has 1 aromatic heterocycles. The molecular weight excluding hydrogens is 346 g/mol. The van der Waals surface area contributed by atoms with E-state index in [-0.39, 0.29) is 12.5 Å². The summed E-state index contributed by atoms with van der Waals surface area (Å²) in [6.07, 6.45) is 3.58. The van der Waals surface area contributed by atoms with Crippen LogP contribution >= 0.6 is 0 Å². The maximum Gasteiger partial charge on any atom is 0.260 e. The van der Waals surface area contributed by atoms with Gasteiger partial charge in [0, 0.05) is 38.6 Å². The van der Waals surface area contributed by atoms with Gasteiger partial charge in [-0.1, -0.05) is 23.4 Å². The Morgan fingerprint density at radius 3 is 2.81 bits per heavy atom. The highest BCUT2D eigenvalue weighted by Crippen LogP contribution is 2.26. The van der Waals surface area contributed by atoms with Crippen LogP contribution < -0.4 is 4.74 Å². The molecule has 2 aliphatic heterocycles. The Balaban J connectivity index is 1.24. The first-order chi connectivity index (χ1) is 13.3. The molecule has 2 saturated heterocycles. The van der Waals surface area contributed by atoms with E-state index in [2.05, 4.69) is 10.1 Å². The lowest BCUT2D eigenvalue weighted by molar-refractivity contribution is -0.132. The summed E-state index contributed by atoms with van der Waals surface area (Å²) in [5.74, 6) is 2.90. The number of amides is 1. The van der Waals surface area contributed by atoms with E-state index in [4.69, 9.17) is 14.0 Å². The molecule has 2 aromatic rings. The fourth-order valence-electron chi connectivity index (χ4n) is 3.70. The fraction of sp³-hybridized carbons (Fsp3) is 0.550. The molecule has 0 saturated carbocycles. The van der Waals surface area contributed by atoms with E-state index in [0.717, 1.165) is 63.7 Å². The van der Waals surface area contributed by atoms with E-state index < -0.39 is 0 Å². The van der Waals surface area contributed by atoms with Gasteiger partial charge in [-0.15, -0.1) is 0 Å². The van der Waals surface area contributed by atoms with E-state index in [1.54, 1.807) is 0 Å². The zero-order chi connectivity index (χ0) is 18.5. The maximum atomic E-state index is 12.4. The second-order valence-electron chi connectivity index (χ2n) is 7.24. The molecule has 144 valence electrons. The fourth-order valence-corrected chi connectivity index (χ4v) is 3.70. The van der Waals surface area contributed by atoms with Gasteiger partial charge >= 0.3 is 0 Å². The third-order valence-corrected chi connectivity index (χ3v) is 5.27. The van der Waals surface area contributed by atoms with Gasteiger partial charge in [0.2, 0.25) is 5.89 Å². The first-order valence-electron chi connectivity index (χ1n) is 9.64. The van der Waals surface area contributed by atoms with Gasteiger partial charge in [0.1, 0.15) is 5.75 Å². The smallest absolute Gasteiger partial charge is 0.260 e. The molecular formula is C20H25N3O4. The molecule has 7 heteroatoms. The quantitative estimate of drug-likeness (QED) is 0.776. The van der Waals surface area contributed by atoms with Gasteiger partial charge in [-0.25, -0.2) is 0 Å². The molecule has 2 fully saturated rings. The molecule has 0 radical (unpaired) electrons. The Morgan fingerprint density at radius 1 is 1.19 bits per heavy atom. The second-order valence-corrected chi connectivity index (χ2v) is 7.24. The summed E-state index contributed by atoms with van der Waals surface area (Å²) in [7, 11) is 0. The van der Waals surface area contributed by atoms with Crippen LogP contribution in [0.1, 0.15) is 36.9 Å². The first kappa shape index (κ1) is 18.0. The van der Waals surface area contributed by atoms with E-state index >= 15 is 0 Å². The molecule has 1 aromatic carbocycles. The Hall–Kier alpha value is -2.41. The van der Waals surface area contributed by atoms with E-state index in [0.29, 0.717) is 17.6 Å². The van der Waals surface area contributed by atoms with Crippen LogP contribution in [0.2, 0.25) is 0 Å². The SMILES string of the molecule is O=C(COc1ccccc1)N1CCC(Cc2noc(C3CCOCC3)n2)C1. The molecule has 0 aliphatic carbocycles. The largest absolute Gasteiger partial charge is 0.484 e. The molecule has 1 amide bonds. The van der Waals surface area contributed by atoms with Crippen molar-refractivity contribution in [3.63, 3.8) is 0 Å². The predicted octanol–water partition coefficient (Wildman–Crippen LogP) is 2.43.